The second kappa shape index (κ2) is 14.0. The summed E-state index contributed by atoms with van der Waals surface area (Å²) in [6, 6.07) is 0. The molecule has 5 fully saturated rings. The number of carboxylic acid groups (broad SMARTS) is 1. The molecule has 0 aromatic heterocycles. The van der Waals surface area contributed by atoms with E-state index in [9.17, 15) is 29.4 Å². The second-order valence-corrected chi connectivity index (χ2v) is 21.6. The van der Waals surface area contributed by atoms with E-state index in [0.717, 1.165) is 69.8 Å². The number of nitrogens with zero attached hydrogens (tertiary/aromatic N) is 2. The van der Waals surface area contributed by atoms with E-state index >= 15 is 0 Å². The van der Waals surface area contributed by atoms with Crippen LogP contribution >= 0.6 is 0 Å². The quantitative estimate of drug-likeness (QED) is 0.196. The number of hydrogen-bond donors (Lipinski definition) is 2. The van der Waals surface area contributed by atoms with Gasteiger partial charge in [0.05, 0.1) is 24.5 Å². The lowest BCUT2D eigenvalue weighted by Gasteiger charge is -2.72. The van der Waals surface area contributed by atoms with Gasteiger partial charge in [0.1, 0.15) is 6.10 Å². The summed E-state index contributed by atoms with van der Waals surface area (Å²) >= 11 is 0. The van der Waals surface area contributed by atoms with Crippen LogP contribution in [0.4, 0.5) is 0 Å². The SMILES string of the molecule is CC(C)C1=C2[C@H]3CC[C@@H]4[C@@]5(C)CC[C@H](OC(=O)CC(C)(C)C(=O)O)C(C)(C)[C@@H]5CC[C@@]4(C)[C@]3(C)CCC2(C(O)CN(CC2CC2)C(=O)CN(C)C)CC1=O. The number of fused-ring (bicyclic) bond motifs is 7. The zero-order chi connectivity index (χ0) is 40.0. The number of aliphatic hydroxyl groups is 1. The lowest BCUT2D eigenvalue weighted by Crippen LogP contribution is -2.66. The molecule has 0 radical (unpaired) electrons. The predicted octanol–water partition coefficient (Wildman–Crippen LogP) is 7.54. The third-order valence-corrected chi connectivity index (χ3v) is 16.9. The van der Waals surface area contributed by atoms with Gasteiger partial charge in [0.15, 0.2) is 5.78 Å². The maximum Gasteiger partial charge on any atom is 0.309 e. The van der Waals surface area contributed by atoms with Crippen LogP contribution in [-0.2, 0) is 23.9 Å². The average Bonchev–Trinajstić information content (AvgIpc) is 3.81. The molecule has 304 valence electrons. The fourth-order valence-electron chi connectivity index (χ4n) is 13.6. The average molecular weight is 753 g/mol. The highest BCUT2D eigenvalue weighted by atomic mass is 16.5. The van der Waals surface area contributed by atoms with Crippen molar-refractivity contribution >= 4 is 23.6 Å². The summed E-state index contributed by atoms with van der Waals surface area (Å²) in [5.41, 5.74) is 0.122. The second-order valence-electron chi connectivity index (χ2n) is 21.6. The smallest absolute Gasteiger partial charge is 0.309 e. The number of rotatable bonds is 12. The fourth-order valence-corrected chi connectivity index (χ4v) is 13.6. The van der Waals surface area contributed by atoms with Crippen molar-refractivity contribution in [1.82, 2.24) is 9.80 Å². The number of carbonyl (C=O) groups is 4. The molecule has 6 rings (SSSR count). The molecule has 1 amide bonds. The summed E-state index contributed by atoms with van der Waals surface area (Å²) in [7, 11) is 3.82. The zero-order valence-corrected chi connectivity index (χ0v) is 35.5. The van der Waals surface area contributed by atoms with Crippen LogP contribution in [0.2, 0.25) is 0 Å². The zero-order valence-electron chi connectivity index (χ0n) is 35.5. The molecule has 54 heavy (non-hydrogen) atoms. The number of ketones is 1. The topological polar surface area (TPSA) is 124 Å². The highest BCUT2D eigenvalue weighted by Gasteiger charge is 2.71. The number of Topliss-reactive ketones (excluding diaryl/α,β-unsaturated/α-hetero) is 1. The molecule has 0 bridgehead atoms. The van der Waals surface area contributed by atoms with Crippen LogP contribution in [0.25, 0.3) is 0 Å². The van der Waals surface area contributed by atoms with E-state index < -0.39 is 28.9 Å². The molecule has 2 unspecified atom stereocenters. The Kier molecular flexibility index (Phi) is 10.7. The van der Waals surface area contributed by atoms with E-state index in [0.29, 0.717) is 37.3 Å². The minimum absolute atomic E-state index is 0.0177. The normalized spacial score (nSPS) is 38.0. The van der Waals surface area contributed by atoms with Crippen LogP contribution in [0, 0.1) is 62.1 Å². The number of amides is 1. The number of hydrogen-bond acceptors (Lipinski definition) is 7. The molecule has 6 aliphatic rings. The first-order valence-corrected chi connectivity index (χ1v) is 21.3. The van der Waals surface area contributed by atoms with Crippen molar-refractivity contribution < 1.29 is 34.1 Å². The van der Waals surface area contributed by atoms with Crippen molar-refractivity contribution in [2.45, 2.75) is 152 Å². The van der Waals surface area contributed by atoms with Crippen LogP contribution in [-0.4, -0.2) is 89.6 Å². The number of carboxylic acids is 1. The number of ether oxygens (including phenoxy) is 1. The molecule has 0 saturated heterocycles. The number of likely N-dealkylation sites (N-methyl/N-ethyl adjacent to an activating group) is 1. The van der Waals surface area contributed by atoms with Gasteiger partial charge in [-0.1, -0.05) is 54.0 Å². The first kappa shape index (κ1) is 41.4. The van der Waals surface area contributed by atoms with Gasteiger partial charge >= 0.3 is 11.9 Å². The van der Waals surface area contributed by atoms with E-state index in [-0.39, 0.29) is 64.3 Å². The van der Waals surface area contributed by atoms with E-state index in [4.69, 9.17) is 4.74 Å². The van der Waals surface area contributed by atoms with Gasteiger partial charge in [0.25, 0.3) is 0 Å². The van der Waals surface area contributed by atoms with E-state index in [2.05, 4.69) is 48.5 Å². The van der Waals surface area contributed by atoms with Crippen molar-refractivity contribution in [2.75, 3.05) is 33.7 Å². The van der Waals surface area contributed by atoms with Crippen LogP contribution in [0.3, 0.4) is 0 Å². The monoisotopic (exact) mass is 753 g/mol. The van der Waals surface area contributed by atoms with E-state index in [1.165, 1.54) is 5.57 Å². The molecule has 0 aromatic carbocycles. The largest absolute Gasteiger partial charge is 0.481 e. The van der Waals surface area contributed by atoms with E-state index in [1.807, 2.05) is 23.9 Å². The summed E-state index contributed by atoms with van der Waals surface area (Å²) in [4.78, 5) is 56.4. The maximum absolute atomic E-state index is 14.2. The molecular weight excluding hydrogens is 681 g/mol. The minimum Gasteiger partial charge on any atom is -0.481 e. The molecule has 9 heteroatoms. The Morgan fingerprint density at radius 3 is 2.15 bits per heavy atom. The number of esters is 1. The van der Waals surface area contributed by atoms with Crippen LogP contribution < -0.4 is 0 Å². The van der Waals surface area contributed by atoms with Crippen LogP contribution in [0.5, 0.6) is 0 Å². The number of aliphatic carboxylic acids is 1. The Balaban J connectivity index is 1.29. The molecule has 0 heterocycles. The lowest BCUT2D eigenvalue weighted by atomic mass is 9.33. The Morgan fingerprint density at radius 1 is 0.889 bits per heavy atom. The van der Waals surface area contributed by atoms with Gasteiger partial charge in [-0.05, 0) is 144 Å². The molecule has 9 nitrogen and oxygen atoms in total. The van der Waals surface area contributed by atoms with Gasteiger partial charge in [0.2, 0.25) is 5.91 Å². The molecule has 9 atom stereocenters. The number of carbonyl (C=O) groups excluding carboxylic acids is 3. The first-order valence-electron chi connectivity index (χ1n) is 21.3. The summed E-state index contributed by atoms with van der Waals surface area (Å²) in [6.45, 7) is 20.8. The van der Waals surface area contributed by atoms with Crippen LogP contribution in [0.1, 0.15) is 139 Å². The molecule has 0 aromatic rings. The summed E-state index contributed by atoms with van der Waals surface area (Å²) in [5.74, 6) is 0.406. The highest BCUT2D eigenvalue weighted by Crippen LogP contribution is 2.77. The van der Waals surface area contributed by atoms with Crippen molar-refractivity contribution in [3.8, 4) is 0 Å². The third-order valence-electron chi connectivity index (χ3n) is 16.9. The Hall–Kier alpha value is -2.26. The van der Waals surface area contributed by atoms with Crippen LogP contribution in [0.15, 0.2) is 11.1 Å². The van der Waals surface area contributed by atoms with Gasteiger partial charge in [-0.2, -0.15) is 0 Å². The highest BCUT2D eigenvalue weighted by molar-refractivity contribution is 6.00. The molecule has 0 aliphatic heterocycles. The first-order chi connectivity index (χ1) is 24.9. The summed E-state index contributed by atoms with van der Waals surface area (Å²) in [5, 5.41) is 22.1. The van der Waals surface area contributed by atoms with Gasteiger partial charge in [-0.15, -0.1) is 0 Å². The fraction of sp³-hybridized carbons (Fsp3) is 0.867. The van der Waals surface area contributed by atoms with E-state index in [1.54, 1.807) is 13.8 Å². The molecular formula is C45H72N2O7. The number of allylic oxidation sites excluding steroid dienone is 1. The van der Waals surface area contributed by atoms with Gasteiger partial charge in [-0.3, -0.25) is 19.2 Å². The predicted molar refractivity (Wildman–Crippen MR) is 209 cm³/mol. The summed E-state index contributed by atoms with van der Waals surface area (Å²) < 4.78 is 6.17. The lowest BCUT2D eigenvalue weighted by molar-refractivity contribution is -0.235. The number of aliphatic hydroxyl groups excluding tert-OH is 1. The maximum atomic E-state index is 14.2. The Labute approximate surface area is 325 Å². The summed E-state index contributed by atoms with van der Waals surface area (Å²) in [6.07, 6.45) is 8.97. The third kappa shape index (κ3) is 6.61. The minimum atomic E-state index is -1.17. The van der Waals surface area contributed by atoms with Crippen molar-refractivity contribution in [1.29, 1.82) is 0 Å². The van der Waals surface area contributed by atoms with Gasteiger partial charge < -0.3 is 24.7 Å². The van der Waals surface area contributed by atoms with Crippen molar-refractivity contribution in [3.05, 3.63) is 11.1 Å². The Morgan fingerprint density at radius 2 is 1.56 bits per heavy atom. The molecule has 5 saturated carbocycles. The molecule has 0 spiro atoms. The van der Waals surface area contributed by atoms with Crippen molar-refractivity contribution in [2.24, 2.45) is 62.1 Å². The molecule has 6 aliphatic carbocycles. The standard InChI is InChI=1S/C45H72N2O7/c1-27(2)37-30(48)22-45(33(49)25-47(24-28-12-13-28)35(50)26-46(10)11)21-20-43(8)29(38(37)45)14-15-32-42(7)18-17-34(54-36(51)23-40(3,4)39(52)53)41(5,6)31(42)16-19-44(32,43)9/h27-29,31-34,49H,12-26H2,1-11H3,(H,52,53)/t29-,31+,32-,33?,34+,42+,43-,44-,45?/m1/s1. The molecule has 2 N–H and O–H groups in total. The Bertz CT molecular complexity index is 1560. The van der Waals surface area contributed by atoms with Gasteiger partial charge in [0, 0.05) is 30.3 Å². The van der Waals surface area contributed by atoms with Gasteiger partial charge in [-0.25, -0.2) is 0 Å². The van der Waals surface area contributed by atoms with Crippen molar-refractivity contribution in [3.63, 3.8) is 0 Å².